The van der Waals surface area contributed by atoms with Crippen LogP contribution in [0.2, 0.25) is 0 Å². The van der Waals surface area contributed by atoms with Crippen molar-refractivity contribution in [2.75, 3.05) is 13.1 Å². The van der Waals surface area contributed by atoms with Gasteiger partial charge < -0.3 is 37.2 Å². The Kier molecular flexibility index (Phi) is 11.1. The number of rotatable bonds is 13. The number of amides is 3. The Hall–Kier alpha value is -2.73. The van der Waals surface area contributed by atoms with E-state index < -0.39 is 60.2 Å². The summed E-state index contributed by atoms with van der Waals surface area (Å²) in [7, 11) is 0. The lowest BCUT2D eigenvalue weighted by Gasteiger charge is -2.30. The van der Waals surface area contributed by atoms with Gasteiger partial charge in [0.1, 0.15) is 18.1 Å². The summed E-state index contributed by atoms with van der Waals surface area (Å²) in [5, 5.41) is 23.3. The minimum atomic E-state index is -1.33. The Balaban J connectivity index is 2.95. The molecule has 8 N–H and O–H groups in total. The molecule has 0 aromatic rings. The number of unbranched alkanes of at least 4 members (excludes halogenated alkanes) is 1. The summed E-state index contributed by atoms with van der Waals surface area (Å²) in [6, 6.07) is -4.30. The minimum Gasteiger partial charge on any atom is -0.481 e. The predicted molar refractivity (Wildman–Crippen MR) is 114 cm³/mol. The van der Waals surface area contributed by atoms with Crippen LogP contribution in [0, 0.1) is 5.92 Å². The van der Waals surface area contributed by atoms with Crippen molar-refractivity contribution in [3.63, 3.8) is 0 Å². The quantitative estimate of drug-likeness (QED) is 0.180. The van der Waals surface area contributed by atoms with Gasteiger partial charge in [-0.2, -0.15) is 0 Å². The molecule has 182 valence electrons. The number of nitrogens with zero attached hydrogens (tertiary/aromatic N) is 1. The van der Waals surface area contributed by atoms with Crippen LogP contribution in [-0.2, 0) is 24.0 Å². The van der Waals surface area contributed by atoms with Gasteiger partial charge in [0.15, 0.2) is 0 Å². The van der Waals surface area contributed by atoms with E-state index in [9.17, 15) is 29.1 Å². The van der Waals surface area contributed by atoms with Gasteiger partial charge in [-0.1, -0.05) is 13.8 Å². The highest BCUT2D eigenvalue weighted by atomic mass is 16.4. The summed E-state index contributed by atoms with van der Waals surface area (Å²) in [4.78, 5) is 61.8. The first kappa shape index (κ1) is 27.3. The van der Waals surface area contributed by atoms with Gasteiger partial charge in [-0.3, -0.25) is 19.2 Å². The molecule has 32 heavy (non-hydrogen) atoms. The first-order valence-electron chi connectivity index (χ1n) is 10.8. The molecular weight excluding hydrogens is 422 g/mol. The number of carboxylic acids is 2. The van der Waals surface area contributed by atoms with Crippen molar-refractivity contribution in [2.45, 2.75) is 76.5 Å². The van der Waals surface area contributed by atoms with Gasteiger partial charge in [0, 0.05) is 6.54 Å². The fourth-order valence-corrected chi connectivity index (χ4v) is 3.58. The zero-order chi connectivity index (χ0) is 24.4. The van der Waals surface area contributed by atoms with Crippen LogP contribution >= 0.6 is 0 Å². The molecule has 1 aliphatic rings. The highest BCUT2D eigenvalue weighted by Crippen LogP contribution is 2.20. The zero-order valence-corrected chi connectivity index (χ0v) is 18.6. The van der Waals surface area contributed by atoms with Crippen molar-refractivity contribution >= 4 is 29.7 Å². The molecular formula is C20H35N5O7. The molecule has 1 saturated heterocycles. The fourth-order valence-electron chi connectivity index (χ4n) is 3.58. The largest absolute Gasteiger partial charge is 0.481 e. The average molecular weight is 458 g/mol. The number of carbonyl (C=O) groups is 5. The number of hydrogen-bond donors (Lipinski definition) is 6. The van der Waals surface area contributed by atoms with Crippen molar-refractivity contribution in [3.05, 3.63) is 0 Å². The lowest BCUT2D eigenvalue weighted by molar-refractivity contribution is -0.149. The van der Waals surface area contributed by atoms with Crippen LogP contribution in [0.4, 0.5) is 0 Å². The fraction of sp³-hybridized carbons (Fsp3) is 0.750. The van der Waals surface area contributed by atoms with Gasteiger partial charge >= 0.3 is 11.9 Å². The van der Waals surface area contributed by atoms with E-state index in [0.717, 1.165) is 0 Å². The Morgan fingerprint density at radius 1 is 1.06 bits per heavy atom. The van der Waals surface area contributed by atoms with Gasteiger partial charge in [-0.05, 0) is 44.6 Å². The lowest BCUT2D eigenvalue weighted by Crippen LogP contribution is -2.58. The normalized spacial score (nSPS) is 18.7. The third-order valence-electron chi connectivity index (χ3n) is 5.36. The number of carbonyl (C=O) groups excluding carboxylic acids is 3. The lowest BCUT2D eigenvalue weighted by atomic mass is 10.0. The molecule has 1 aliphatic heterocycles. The third-order valence-corrected chi connectivity index (χ3v) is 5.36. The summed E-state index contributed by atoms with van der Waals surface area (Å²) in [5.41, 5.74) is 11.1. The van der Waals surface area contributed by atoms with Crippen LogP contribution in [0.3, 0.4) is 0 Å². The average Bonchev–Trinajstić information content (AvgIpc) is 3.20. The van der Waals surface area contributed by atoms with Crippen LogP contribution in [-0.4, -0.2) is 82.0 Å². The number of nitrogens with one attached hydrogen (secondary N) is 2. The summed E-state index contributed by atoms with van der Waals surface area (Å²) >= 11 is 0. The molecule has 3 amide bonds. The molecule has 0 spiro atoms. The van der Waals surface area contributed by atoms with Gasteiger partial charge in [0.05, 0.1) is 12.5 Å². The van der Waals surface area contributed by atoms with Crippen molar-refractivity contribution in [1.82, 2.24) is 15.5 Å². The van der Waals surface area contributed by atoms with Crippen LogP contribution in [0.15, 0.2) is 0 Å². The molecule has 0 bridgehead atoms. The van der Waals surface area contributed by atoms with E-state index in [-0.39, 0.29) is 18.9 Å². The topological polar surface area (TPSA) is 205 Å². The van der Waals surface area contributed by atoms with E-state index in [2.05, 4.69) is 10.6 Å². The molecule has 0 aromatic carbocycles. The van der Waals surface area contributed by atoms with Crippen molar-refractivity contribution in [2.24, 2.45) is 17.4 Å². The Morgan fingerprint density at radius 2 is 1.72 bits per heavy atom. The van der Waals surface area contributed by atoms with E-state index >= 15 is 0 Å². The maximum absolute atomic E-state index is 13.1. The smallest absolute Gasteiger partial charge is 0.326 e. The molecule has 1 heterocycles. The zero-order valence-electron chi connectivity index (χ0n) is 18.6. The van der Waals surface area contributed by atoms with E-state index in [1.165, 1.54) is 4.90 Å². The number of aliphatic carboxylic acids is 2. The van der Waals surface area contributed by atoms with Crippen molar-refractivity contribution < 1.29 is 34.2 Å². The highest BCUT2D eigenvalue weighted by Gasteiger charge is 2.38. The molecule has 4 unspecified atom stereocenters. The SMILES string of the molecule is CC(C)C(NC(=O)C(N)CC(=O)O)C(=O)NC(CCCCN)C(=O)N1CCCC1C(=O)O. The molecule has 0 radical (unpaired) electrons. The van der Waals surface area contributed by atoms with Crippen molar-refractivity contribution in [1.29, 1.82) is 0 Å². The maximum Gasteiger partial charge on any atom is 0.326 e. The van der Waals surface area contributed by atoms with E-state index in [0.29, 0.717) is 32.2 Å². The van der Waals surface area contributed by atoms with E-state index in [4.69, 9.17) is 16.6 Å². The summed E-state index contributed by atoms with van der Waals surface area (Å²) in [6.07, 6.45) is 1.73. The molecule has 1 fully saturated rings. The van der Waals surface area contributed by atoms with E-state index in [1.54, 1.807) is 13.8 Å². The summed E-state index contributed by atoms with van der Waals surface area (Å²) < 4.78 is 0. The van der Waals surface area contributed by atoms with Gasteiger partial charge in [-0.15, -0.1) is 0 Å². The molecule has 12 heteroatoms. The number of nitrogens with two attached hydrogens (primary N) is 2. The second-order valence-electron chi connectivity index (χ2n) is 8.31. The summed E-state index contributed by atoms with van der Waals surface area (Å²) in [5.74, 6) is -4.64. The molecule has 4 atom stereocenters. The molecule has 0 aliphatic carbocycles. The van der Waals surface area contributed by atoms with Gasteiger partial charge in [0.25, 0.3) is 0 Å². The second-order valence-corrected chi connectivity index (χ2v) is 8.31. The Bertz CT molecular complexity index is 700. The molecule has 1 rings (SSSR count). The van der Waals surface area contributed by atoms with Gasteiger partial charge in [0.2, 0.25) is 17.7 Å². The highest BCUT2D eigenvalue weighted by molar-refractivity contribution is 5.95. The Morgan fingerprint density at radius 3 is 2.25 bits per heavy atom. The molecule has 12 nitrogen and oxygen atoms in total. The standard InChI is InChI=1S/C20H35N5O7/c1-11(2)16(24-17(28)12(22)10-15(26)27)18(29)23-13(6-3-4-8-21)19(30)25-9-5-7-14(25)20(31)32/h11-14,16H,3-10,21-22H2,1-2H3,(H,23,29)(H,24,28)(H,26,27)(H,31,32). The number of carboxylic acid groups (broad SMARTS) is 2. The number of likely N-dealkylation sites (tertiary alicyclic amines) is 1. The van der Waals surface area contributed by atoms with Crippen LogP contribution in [0.25, 0.3) is 0 Å². The van der Waals surface area contributed by atoms with Crippen LogP contribution < -0.4 is 22.1 Å². The van der Waals surface area contributed by atoms with Crippen LogP contribution in [0.5, 0.6) is 0 Å². The first-order valence-corrected chi connectivity index (χ1v) is 10.8. The van der Waals surface area contributed by atoms with E-state index in [1.807, 2.05) is 0 Å². The predicted octanol–water partition coefficient (Wildman–Crippen LogP) is -1.38. The van der Waals surface area contributed by atoms with Gasteiger partial charge in [-0.25, -0.2) is 4.79 Å². The molecule has 0 aromatic heterocycles. The number of hydrogen-bond acceptors (Lipinski definition) is 7. The van der Waals surface area contributed by atoms with Crippen molar-refractivity contribution in [3.8, 4) is 0 Å². The second kappa shape index (κ2) is 13.0. The maximum atomic E-state index is 13.1. The summed E-state index contributed by atoms with van der Waals surface area (Å²) in [6.45, 7) is 4.05. The first-order chi connectivity index (χ1) is 15.0. The Labute approximate surface area is 187 Å². The third kappa shape index (κ3) is 8.08. The molecule has 0 saturated carbocycles. The van der Waals surface area contributed by atoms with Crippen LogP contribution in [0.1, 0.15) is 52.4 Å². The monoisotopic (exact) mass is 457 g/mol. The minimum absolute atomic E-state index is 0.266.